The van der Waals surface area contributed by atoms with Crippen LogP contribution in [0.1, 0.15) is 33.3 Å². The number of benzene rings is 1. The average Bonchev–Trinajstić information content (AvgIpc) is 2.35. The molecule has 0 fully saturated rings. The molecule has 0 aliphatic heterocycles. The standard InChI is InChI=1S/C14H22FNO3S/c1-10(2)8-16(11(3)4)20(18,19)14-7-12(9-17)5-6-13(14)15/h5-7,10-11,17H,8-9H2,1-4H3. The third-order valence-electron chi connectivity index (χ3n) is 2.89. The highest BCUT2D eigenvalue weighted by atomic mass is 32.2. The van der Waals surface area contributed by atoms with Crippen molar-refractivity contribution in [2.45, 2.75) is 45.2 Å². The van der Waals surface area contributed by atoms with Gasteiger partial charge in [-0.15, -0.1) is 0 Å². The molecule has 0 aromatic heterocycles. The molecule has 0 saturated carbocycles. The van der Waals surface area contributed by atoms with Crippen molar-refractivity contribution in [3.05, 3.63) is 29.6 Å². The Morgan fingerprint density at radius 3 is 2.30 bits per heavy atom. The predicted molar refractivity (Wildman–Crippen MR) is 76.2 cm³/mol. The van der Waals surface area contributed by atoms with E-state index in [1.807, 2.05) is 13.8 Å². The lowest BCUT2D eigenvalue weighted by atomic mass is 10.2. The van der Waals surface area contributed by atoms with Crippen molar-refractivity contribution in [2.24, 2.45) is 5.92 Å². The third kappa shape index (κ3) is 3.77. The Kier molecular flexibility index (Phi) is 5.68. The first-order chi connectivity index (χ1) is 9.20. The van der Waals surface area contributed by atoms with E-state index in [1.54, 1.807) is 13.8 Å². The van der Waals surface area contributed by atoms with Gasteiger partial charge in [0.1, 0.15) is 10.7 Å². The molecule has 1 aromatic carbocycles. The van der Waals surface area contributed by atoms with Crippen LogP contribution in [0.5, 0.6) is 0 Å². The molecule has 6 heteroatoms. The number of aliphatic hydroxyl groups excluding tert-OH is 1. The van der Waals surface area contributed by atoms with Crippen LogP contribution in [0.25, 0.3) is 0 Å². The van der Waals surface area contributed by atoms with E-state index in [1.165, 1.54) is 16.4 Å². The second-order valence-electron chi connectivity index (χ2n) is 5.49. The highest BCUT2D eigenvalue weighted by Gasteiger charge is 2.30. The maximum absolute atomic E-state index is 13.9. The summed E-state index contributed by atoms with van der Waals surface area (Å²) >= 11 is 0. The molecule has 1 rings (SSSR count). The molecule has 0 bridgehead atoms. The van der Waals surface area contributed by atoms with E-state index in [-0.39, 0.29) is 23.5 Å². The van der Waals surface area contributed by atoms with Gasteiger partial charge in [-0.05, 0) is 37.5 Å². The summed E-state index contributed by atoms with van der Waals surface area (Å²) in [5, 5.41) is 9.08. The largest absolute Gasteiger partial charge is 0.392 e. The van der Waals surface area contributed by atoms with Gasteiger partial charge in [0.2, 0.25) is 10.0 Å². The normalized spacial score (nSPS) is 12.7. The molecule has 114 valence electrons. The highest BCUT2D eigenvalue weighted by molar-refractivity contribution is 7.89. The number of nitrogens with zero attached hydrogens (tertiary/aromatic N) is 1. The lowest BCUT2D eigenvalue weighted by molar-refractivity contribution is 0.281. The van der Waals surface area contributed by atoms with Gasteiger partial charge in [-0.25, -0.2) is 12.8 Å². The SMILES string of the molecule is CC(C)CN(C(C)C)S(=O)(=O)c1cc(CO)ccc1F. The maximum Gasteiger partial charge on any atom is 0.246 e. The van der Waals surface area contributed by atoms with Crippen LogP contribution >= 0.6 is 0 Å². The van der Waals surface area contributed by atoms with Crippen molar-refractivity contribution in [3.8, 4) is 0 Å². The zero-order valence-electron chi connectivity index (χ0n) is 12.3. The summed E-state index contributed by atoms with van der Waals surface area (Å²) in [4.78, 5) is -0.376. The fourth-order valence-electron chi connectivity index (χ4n) is 1.92. The maximum atomic E-state index is 13.9. The molecule has 1 aromatic rings. The molecule has 0 amide bonds. The Morgan fingerprint density at radius 1 is 1.25 bits per heavy atom. The van der Waals surface area contributed by atoms with E-state index >= 15 is 0 Å². The van der Waals surface area contributed by atoms with Gasteiger partial charge in [0, 0.05) is 12.6 Å². The van der Waals surface area contributed by atoms with Crippen LogP contribution in [-0.2, 0) is 16.6 Å². The number of halogens is 1. The smallest absolute Gasteiger partial charge is 0.246 e. The van der Waals surface area contributed by atoms with Crippen molar-refractivity contribution in [1.82, 2.24) is 4.31 Å². The molecule has 0 aliphatic carbocycles. The van der Waals surface area contributed by atoms with Crippen LogP contribution in [0.3, 0.4) is 0 Å². The molecule has 0 unspecified atom stereocenters. The predicted octanol–water partition coefficient (Wildman–Crippen LogP) is 2.37. The van der Waals surface area contributed by atoms with Crippen LogP contribution in [0, 0.1) is 11.7 Å². The van der Waals surface area contributed by atoms with Gasteiger partial charge in [-0.3, -0.25) is 0 Å². The van der Waals surface area contributed by atoms with E-state index in [4.69, 9.17) is 5.11 Å². The van der Waals surface area contributed by atoms with Crippen LogP contribution in [0.15, 0.2) is 23.1 Å². The Hall–Kier alpha value is -0.980. The van der Waals surface area contributed by atoms with Crippen molar-refractivity contribution in [2.75, 3.05) is 6.54 Å². The molecule has 0 atom stereocenters. The molecule has 0 spiro atoms. The average molecular weight is 303 g/mol. The second kappa shape index (κ2) is 6.65. The topological polar surface area (TPSA) is 57.6 Å². The zero-order valence-corrected chi connectivity index (χ0v) is 13.1. The number of hydrogen-bond acceptors (Lipinski definition) is 3. The minimum absolute atomic E-state index is 0.135. The number of sulfonamides is 1. The summed E-state index contributed by atoms with van der Waals surface area (Å²) < 4.78 is 40.4. The summed E-state index contributed by atoms with van der Waals surface area (Å²) in [7, 11) is -3.91. The monoisotopic (exact) mass is 303 g/mol. The summed E-state index contributed by atoms with van der Waals surface area (Å²) in [6, 6.07) is 3.38. The van der Waals surface area contributed by atoms with E-state index in [9.17, 15) is 12.8 Å². The Morgan fingerprint density at radius 2 is 1.85 bits per heavy atom. The van der Waals surface area contributed by atoms with Crippen molar-refractivity contribution in [1.29, 1.82) is 0 Å². The summed E-state index contributed by atoms with van der Waals surface area (Å²) in [5.74, 6) is -0.659. The fourth-order valence-corrected chi connectivity index (χ4v) is 3.83. The molecule has 0 aliphatic rings. The van der Waals surface area contributed by atoms with Crippen LogP contribution in [0.2, 0.25) is 0 Å². The van der Waals surface area contributed by atoms with Crippen molar-refractivity contribution < 1.29 is 17.9 Å². The first-order valence-electron chi connectivity index (χ1n) is 6.61. The van der Waals surface area contributed by atoms with Gasteiger partial charge in [-0.2, -0.15) is 4.31 Å². The molecule has 0 saturated heterocycles. The minimum Gasteiger partial charge on any atom is -0.392 e. The summed E-state index contributed by atoms with van der Waals surface area (Å²) in [6.45, 7) is 7.33. The van der Waals surface area contributed by atoms with Gasteiger partial charge < -0.3 is 5.11 Å². The van der Waals surface area contributed by atoms with Crippen LogP contribution in [0.4, 0.5) is 4.39 Å². The Bertz CT molecular complexity index is 556. The molecule has 0 heterocycles. The molecule has 0 radical (unpaired) electrons. The first kappa shape index (κ1) is 17.1. The third-order valence-corrected chi connectivity index (χ3v) is 4.94. The molecule has 1 N–H and O–H groups in total. The van der Waals surface area contributed by atoms with Crippen LogP contribution < -0.4 is 0 Å². The fraction of sp³-hybridized carbons (Fsp3) is 0.571. The number of rotatable bonds is 6. The molecule has 4 nitrogen and oxygen atoms in total. The lowest BCUT2D eigenvalue weighted by Gasteiger charge is -2.27. The van der Waals surface area contributed by atoms with E-state index < -0.39 is 15.8 Å². The van der Waals surface area contributed by atoms with Gasteiger partial charge in [0.25, 0.3) is 0 Å². The quantitative estimate of drug-likeness (QED) is 0.878. The number of hydrogen-bond donors (Lipinski definition) is 1. The zero-order chi connectivity index (χ0) is 15.5. The lowest BCUT2D eigenvalue weighted by Crippen LogP contribution is -2.39. The van der Waals surface area contributed by atoms with Crippen LogP contribution in [-0.4, -0.2) is 30.4 Å². The first-order valence-corrected chi connectivity index (χ1v) is 8.05. The van der Waals surface area contributed by atoms with E-state index in [2.05, 4.69) is 0 Å². The van der Waals surface area contributed by atoms with Gasteiger partial charge in [0.15, 0.2) is 0 Å². The van der Waals surface area contributed by atoms with E-state index in [0.717, 1.165) is 6.07 Å². The molecular weight excluding hydrogens is 281 g/mol. The van der Waals surface area contributed by atoms with E-state index in [0.29, 0.717) is 12.1 Å². The Labute approximate surface area is 120 Å². The highest BCUT2D eigenvalue weighted by Crippen LogP contribution is 2.23. The summed E-state index contributed by atoms with van der Waals surface area (Å²) in [6.07, 6.45) is 0. The van der Waals surface area contributed by atoms with Gasteiger partial charge in [0.05, 0.1) is 6.61 Å². The number of aliphatic hydroxyl groups is 1. The molecular formula is C14H22FNO3S. The van der Waals surface area contributed by atoms with Crippen molar-refractivity contribution in [3.63, 3.8) is 0 Å². The van der Waals surface area contributed by atoms with Gasteiger partial charge in [-0.1, -0.05) is 19.9 Å². The minimum atomic E-state index is -3.91. The van der Waals surface area contributed by atoms with Crippen molar-refractivity contribution >= 4 is 10.0 Å². The molecule has 20 heavy (non-hydrogen) atoms. The summed E-state index contributed by atoms with van der Waals surface area (Å²) in [5.41, 5.74) is 0.373. The second-order valence-corrected chi connectivity index (χ2v) is 7.34. The van der Waals surface area contributed by atoms with Gasteiger partial charge >= 0.3 is 0 Å². The Balaban J connectivity index is 3.32.